The molecule has 6 nitrogen and oxygen atoms in total. The molecule has 0 fully saturated rings. The minimum atomic E-state index is -0.975. The quantitative estimate of drug-likeness (QED) is 0.511. The van der Waals surface area contributed by atoms with Gasteiger partial charge in [0.15, 0.2) is 0 Å². The first kappa shape index (κ1) is 15.7. The van der Waals surface area contributed by atoms with Crippen LogP contribution in [0.5, 0.6) is 0 Å². The number of carbonyl (C=O) groups excluding carboxylic acids is 1. The minimum absolute atomic E-state index is 0.00825. The van der Waals surface area contributed by atoms with E-state index in [1.165, 1.54) is 0 Å². The summed E-state index contributed by atoms with van der Waals surface area (Å²) < 4.78 is 0. The molecule has 0 heterocycles. The van der Waals surface area contributed by atoms with Crippen molar-refractivity contribution < 1.29 is 14.7 Å². The van der Waals surface area contributed by atoms with Crippen LogP contribution in [0.25, 0.3) is 0 Å². The fourth-order valence-corrected chi connectivity index (χ4v) is 1.56. The highest BCUT2D eigenvalue weighted by Gasteiger charge is 2.05. The van der Waals surface area contributed by atoms with E-state index in [1.54, 1.807) is 6.92 Å². The van der Waals surface area contributed by atoms with Crippen molar-refractivity contribution in [2.45, 2.75) is 32.9 Å². The molecule has 4 N–H and O–H groups in total. The molecular weight excluding hydrogens is 258 g/mol. The minimum Gasteiger partial charge on any atom is -0.481 e. The molecule has 0 aliphatic heterocycles. The normalized spacial score (nSPS) is 11.2. The molecule has 0 aromatic heterocycles. The van der Waals surface area contributed by atoms with Gasteiger partial charge in [-0.1, -0.05) is 24.3 Å². The van der Waals surface area contributed by atoms with Gasteiger partial charge in [-0.05, 0) is 18.1 Å². The summed E-state index contributed by atoms with van der Waals surface area (Å²) in [6.07, 6.45) is -0.165. The van der Waals surface area contributed by atoms with E-state index >= 15 is 0 Å². The lowest BCUT2D eigenvalue weighted by Gasteiger charge is -2.06. The summed E-state index contributed by atoms with van der Waals surface area (Å²) in [5, 5.41) is 11.2. The maximum absolute atomic E-state index is 11.4. The van der Waals surface area contributed by atoms with Gasteiger partial charge >= 0.3 is 5.97 Å². The van der Waals surface area contributed by atoms with E-state index in [4.69, 9.17) is 10.8 Å². The molecule has 0 aliphatic rings. The average molecular weight is 277 g/mol. The van der Waals surface area contributed by atoms with Crippen molar-refractivity contribution in [2.75, 3.05) is 0 Å². The van der Waals surface area contributed by atoms with Gasteiger partial charge in [-0.15, -0.1) is 0 Å². The molecule has 1 aromatic carbocycles. The van der Waals surface area contributed by atoms with E-state index in [1.807, 2.05) is 24.3 Å². The Bertz CT molecular complexity index is 508. The van der Waals surface area contributed by atoms with Crippen LogP contribution in [0.3, 0.4) is 0 Å². The molecule has 0 saturated carbocycles. The Balaban J connectivity index is 2.48. The third kappa shape index (κ3) is 6.53. The summed E-state index contributed by atoms with van der Waals surface area (Å²) >= 11 is 0. The number of aliphatic carboxylic acids is 1. The predicted molar refractivity (Wildman–Crippen MR) is 76.2 cm³/mol. The Labute approximate surface area is 117 Å². The number of nitrogens with zero attached hydrogens (tertiary/aromatic N) is 1. The summed E-state index contributed by atoms with van der Waals surface area (Å²) in [4.78, 5) is 25.9. The summed E-state index contributed by atoms with van der Waals surface area (Å²) in [5.41, 5.74) is 7.43. The lowest BCUT2D eigenvalue weighted by atomic mass is 10.1. The van der Waals surface area contributed by atoms with Crippen molar-refractivity contribution in [1.29, 1.82) is 0 Å². The second-order valence-corrected chi connectivity index (χ2v) is 4.45. The van der Waals surface area contributed by atoms with E-state index in [0.717, 1.165) is 11.1 Å². The van der Waals surface area contributed by atoms with Gasteiger partial charge in [0.25, 0.3) is 0 Å². The predicted octanol–water partition coefficient (Wildman–Crippen LogP) is 1.04. The van der Waals surface area contributed by atoms with Gasteiger partial charge in [0.1, 0.15) is 0 Å². The van der Waals surface area contributed by atoms with Crippen molar-refractivity contribution >= 4 is 17.7 Å². The number of hydrogen-bond donors (Lipinski definition) is 3. The molecule has 1 rings (SSSR count). The molecule has 1 amide bonds. The van der Waals surface area contributed by atoms with Gasteiger partial charge in [-0.3, -0.25) is 14.6 Å². The molecule has 20 heavy (non-hydrogen) atoms. The van der Waals surface area contributed by atoms with Crippen molar-refractivity contribution in [3.63, 3.8) is 0 Å². The Morgan fingerprint density at radius 2 is 2.00 bits per heavy atom. The third-order valence-electron chi connectivity index (χ3n) is 2.56. The molecule has 6 heteroatoms. The van der Waals surface area contributed by atoms with Crippen LogP contribution in [-0.4, -0.2) is 22.8 Å². The van der Waals surface area contributed by atoms with Gasteiger partial charge in [0.2, 0.25) is 5.91 Å². The molecule has 0 radical (unpaired) electrons. The zero-order valence-corrected chi connectivity index (χ0v) is 11.4. The summed E-state index contributed by atoms with van der Waals surface area (Å²) in [6, 6.07) is 7.64. The molecule has 1 aromatic rings. The van der Waals surface area contributed by atoms with Gasteiger partial charge in [0.05, 0.1) is 18.8 Å². The van der Waals surface area contributed by atoms with Crippen LogP contribution in [0.4, 0.5) is 0 Å². The first-order valence-corrected chi connectivity index (χ1v) is 6.30. The Morgan fingerprint density at radius 1 is 1.30 bits per heavy atom. The van der Waals surface area contributed by atoms with Crippen LogP contribution in [0.2, 0.25) is 0 Å². The number of amidine groups is 1. The van der Waals surface area contributed by atoms with Gasteiger partial charge < -0.3 is 16.2 Å². The maximum Gasteiger partial charge on any atom is 0.303 e. The molecule has 108 valence electrons. The number of amides is 1. The first-order valence-electron chi connectivity index (χ1n) is 6.30. The molecule has 0 saturated heterocycles. The van der Waals surface area contributed by atoms with Crippen LogP contribution in [0, 0.1) is 0 Å². The number of carboxylic acids is 1. The standard InChI is InChI=1S/C14H19N3O3/c1-10(15)16-8-11-3-2-4-12(7-11)9-17-13(18)5-6-14(19)20/h2-4,7H,5-6,8-9H2,1H3,(H2,15,16)(H,17,18)(H,19,20). The zero-order valence-electron chi connectivity index (χ0n) is 11.4. The number of nitrogens with one attached hydrogen (secondary N) is 1. The topological polar surface area (TPSA) is 105 Å². The average Bonchev–Trinajstić information content (AvgIpc) is 2.41. The van der Waals surface area contributed by atoms with E-state index in [-0.39, 0.29) is 18.7 Å². The van der Waals surface area contributed by atoms with Gasteiger partial charge in [-0.2, -0.15) is 0 Å². The Morgan fingerprint density at radius 3 is 2.65 bits per heavy atom. The molecule has 0 bridgehead atoms. The van der Waals surface area contributed by atoms with E-state index in [0.29, 0.717) is 18.9 Å². The van der Waals surface area contributed by atoms with Crippen molar-refractivity contribution in [2.24, 2.45) is 10.7 Å². The van der Waals surface area contributed by atoms with E-state index in [2.05, 4.69) is 10.3 Å². The maximum atomic E-state index is 11.4. The highest BCUT2D eigenvalue weighted by Crippen LogP contribution is 2.06. The highest BCUT2D eigenvalue weighted by atomic mass is 16.4. The number of aliphatic imine (C=N–C) groups is 1. The SMILES string of the molecule is CC(N)=NCc1cccc(CNC(=O)CCC(=O)O)c1. The lowest BCUT2D eigenvalue weighted by molar-refractivity contribution is -0.138. The number of carboxylic acid groups (broad SMARTS) is 1. The number of benzene rings is 1. The summed E-state index contributed by atoms with van der Waals surface area (Å²) in [5.74, 6) is -0.719. The zero-order chi connectivity index (χ0) is 15.0. The largest absolute Gasteiger partial charge is 0.481 e. The second kappa shape index (κ2) is 7.93. The van der Waals surface area contributed by atoms with Crippen molar-refractivity contribution in [3.05, 3.63) is 35.4 Å². The molecule has 0 unspecified atom stereocenters. The second-order valence-electron chi connectivity index (χ2n) is 4.45. The Kier molecular flexibility index (Phi) is 6.22. The molecule has 0 aliphatic carbocycles. The van der Waals surface area contributed by atoms with Gasteiger partial charge in [-0.25, -0.2) is 0 Å². The van der Waals surface area contributed by atoms with E-state index < -0.39 is 5.97 Å². The smallest absolute Gasteiger partial charge is 0.303 e. The molecular formula is C14H19N3O3. The van der Waals surface area contributed by atoms with Crippen LogP contribution < -0.4 is 11.1 Å². The van der Waals surface area contributed by atoms with Gasteiger partial charge in [0, 0.05) is 13.0 Å². The summed E-state index contributed by atoms with van der Waals surface area (Å²) in [7, 11) is 0. The fourth-order valence-electron chi connectivity index (χ4n) is 1.56. The fraction of sp³-hybridized carbons (Fsp3) is 0.357. The van der Waals surface area contributed by atoms with Crippen molar-refractivity contribution in [1.82, 2.24) is 5.32 Å². The summed E-state index contributed by atoms with van der Waals surface area (Å²) in [6.45, 7) is 2.60. The number of hydrogen-bond acceptors (Lipinski definition) is 3. The first-order chi connectivity index (χ1) is 9.47. The highest BCUT2D eigenvalue weighted by molar-refractivity contribution is 5.80. The number of nitrogens with two attached hydrogens (primary N) is 1. The Hall–Kier alpha value is -2.37. The van der Waals surface area contributed by atoms with Crippen LogP contribution in [0.1, 0.15) is 30.9 Å². The van der Waals surface area contributed by atoms with Crippen LogP contribution in [-0.2, 0) is 22.7 Å². The van der Waals surface area contributed by atoms with Crippen molar-refractivity contribution in [3.8, 4) is 0 Å². The number of rotatable bonds is 7. The molecule has 0 spiro atoms. The monoisotopic (exact) mass is 277 g/mol. The van der Waals surface area contributed by atoms with Crippen LogP contribution in [0.15, 0.2) is 29.3 Å². The van der Waals surface area contributed by atoms with E-state index in [9.17, 15) is 9.59 Å². The number of carbonyl (C=O) groups is 2. The lowest BCUT2D eigenvalue weighted by Crippen LogP contribution is -2.23. The molecule has 0 atom stereocenters. The van der Waals surface area contributed by atoms with Crippen LogP contribution >= 0.6 is 0 Å². The third-order valence-corrected chi connectivity index (χ3v) is 2.56.